The molecule has 1 aliphatic rings. The number of carbonyl (C=O) groups excluding carboxylic acids is 2. The number of rotatable bonds is 6. The number of hydrogen-bond acceptors (Lipinski definition) is 4. The summed E-state index contributed by atoms with van der Waals surface area (Å²) in [6, 6.07) is 10.8. The van der Waals surface area contributed by atoms with Gasteiger partial charge in [-0.05, 0) is 55.3 Å². The molecule has 1 heterocycles. The summed E-state index contributed by atoms with van der Waals surface area (Å²) in [5.74, 6) is -0.300. The Balaban J connectivity index is 1.73. The van der Waals surface area contributed by atoms with Gasteiger partial charge in [0.15, 0.2) is 0 Å². The number of nitrogens with one attached hydrogen (secondary N) is 1. The molecule has 0 aromatic heterocycles. The van der Waals surface area contributed by atoms with Crippen molar-refractivity contribution in [1.82, 2.24) is 0 Å². The summed E-state index contributed by atoms with van der Waals surface area (Å²) in [4.78, 5) is 26.1. The molecular formula is C20H21FN2O3. The number of halogens is 1. The molecule has 1 atom stereocenters. The van der Waals surface area contributed by atoms with E-state index in [4.69, 9.17) is 4.74 Å². The Labute approximate surface area is 151 Å². The monoisotopic (exact) mass is 356 g/mol. The molecule has 0 unspecified atom stereocenters. The van der Waals surface area contributed by atoms with Gasteiger partial charge in [0, 0.05) is 5.69 Å². The van der Waals surface area contributed by atoms with Crippen molar-refractivity contribution in [3.63, 3.8) is 0 Å². The second kappa shape index (κ2) is 7.56. The lowest BCUT2D eigenvalue weighted by atomic mass is 10.2. The number of carbonyl (C=O) groups is 2. The van der Waals surface area contributed by atoms with E-state index in [-0.39, 0.29) is 24.1 Å². The number of benzene rings is 2. The molecule has 26 heavy (non-hydrogen) atoms. The minimum Gasteiger partial charge on any atom is -0.494 e. The molecule has 2 aromatic rings. The third-order valence-electron chi connectivity index (χ3n) is 4.23. The summed E-state index contributed by atoms with van der Waals surface area (Å²) in [5, 5.41) is 2.95. The van der Waals surface area contributed by atoms with Gasteiger partial charge < -0.3 is 10.1 Å². The normalized spacial score (nSPS) is 16.9. The van der Waals surface area contributed by atoms with Crippen LogP contribution in [-0.4, -0.2) is 24.5 Å². The lowest BCUT2D eigenvalue weighted by molar-refractivity contribution is -0.121. The highest BCUT2D eigenvalue weighted by Gasteiger charge is 2.39. The maximum Gasteiger partial charge on any atom is 0.256 e. The van der Waals surface area contributed by atoms with E-state index in [1.807, 2.05) is 6.92 Å². The van der Waals surface area contributed by atoms with Crippen molar-refractivity contribution in [1.29, 1.82) is 0 Å². The van der Waals surface area contributed by atoms with Crippen LogP contribution in [-0.2, 0) is 9.59 Å². The molecule has 0 spiro atoms. The third-order valence-corrected chi connectivity index (χ3v) is 4.23. The van der Waals surface area contributed by atoms with Crippen LogP contribution in [0.25, 0.3) is 0 Å². The molecule has 6 heteroatoms. The summed E-state index contributed by atoms with van der Waals surface area (Å²) in [7, 11) is 0. The topological polar surface area (TPSA) is 58.6 Å². The lowest BCUT2D eigenvalue weighted by Gasteiger charge is -2.17. The average molecular weight is 356 g/mol. The number of amides is 2. The Morgan fingerprint density at radius 3 is 2.58 bits per heavy atom. The molecular weight excluding hydrogens is 335 g/mol. The largest absolute Gasteiger partial charge is 0.494 e. The molecule has 2 aromatic carbocycles. The summed E-state index contributed by atoms with van der Waals surface area (Å²) >= 11 is 0. The Kier molecular flexibility index (Phi) is 5.21. The van der Waals surface area contributed by atoms with Crippen molar-refractivity contribution in [2.45, 2.75) is 32.7 Å². The van der Waals surface area contributed by atoms with Gasteiger partial charge in [-0.3, -0.25) is 9.59 Å². The maximum absolute atomic E-state index is 13.7. The second-order valence-corrected chi connectivity index (χ2v) is 6.27. The zero-order valence-corrected chi connectivity index (χ0v) is 14.8. The average Bonchev–Trinajstić information content (AvgIpc) is 2.90. The predicted octanol–water partition coefficient (Wildman–Crippen LogP) is 3.67. The highest BCUT2D eigenvalue weighted by atomic mass is 19.1. The first-order valence-corrected chi connectivity index (χ1v) is 8.62. The quantitative estimate of drug-likeness (QED) is 0.803. The summed E-state index contributed by atoms with van der Waals surface area (Å²) in [5.41, 5.74) is 1.50. The van der Waals surface area contributed by atoms with Crippen LogP contribution in [0.3, 0.4) is 0 Å². The van der Waals surface area contributed by atoms with Gasteiger partial charge in [0.1, 0.15) is 17.6 Å². The number of ether oxygens (including phenoxy) is 1. The van der Waals surface area contributed by atoms with Crippen molar-refractivity contribution in [2.24, 2.45) is 0 Å². The molecule has 136 valence electrons. The van der Waals surface area contributed by atoms with Crippen molar-refractivity contribution < 1.29 is 18.7 Å². The Morgan fingerprint density at radius 1 is 1.19 bits per heavy atom. The molecule has 1 N–H and O–H groups in total. The zero-order valence-electron chi connectivity index (χ0n) is 14.8. The number of hydrogen-bond donors (Lipinski definition) is 1. The Morgan fingerprint density at radius 2 is 1.92 bits per heavy atom. The van der Waals surface area contributed by atoms with Gasteiger partial charge in [-0.1, -0.05) is 13.0 Å². The first-order chi connectivity index (χ1) is 12.5. The molecule has 2 amide bonds. The van der Waals surface area contributed by atoms with Gasteiger partial charge >= 0.3 is 0 Å². The predicted molar refractivity (Wildman–Crippen MR) is 97.9 cm³/mol. The van der Waals surface area contributed by atoms with Gasteiger partial charge in [0.2, 0.25) is 5.91 Å². The van der Waals surface area contributed by atoms with Gasteiger partial charge in [0.05, 0.1) is 18.7 Å². The fourth-order valence-corrected chi connectivity index (χ4v) is 2.81. The Hall–Kier alpha value is -2.89. The van der Waals surface area contributed by atoms with Gasteiger partial charge in [-0.25, -0.2) is 9.29 Å². The van der Waals surface area contributed by atoms with E-state index in [1.165, 1.54) is 6.07 Å². The van der Waals surface area contributed by atoms with E-state index in [9.17, 15) is 14.0 Å². The molecule has 0 bridgehead atoms. The smallest absolute Gasteiger partial charge is 0.256 e. The highest BCUT2D eigenvalue weighted by Crippen LogP contribution is 2.27. The van der Waals surface area contributed by atoms with Crippen LogP contribution in [0.15, 0.2) is 42.5 Å². The molecule has 0 radical (unpaired) electrons. The van der Waals surface area contributed by atoms with Crippen molar-refractivity contribution in [3.8, 4) is 5.75 Å². The van der Waals surface area contributed by atoms with E-state index in [2.05, 4.69) is 5.32 Å². The van der Waals surface area contributed by atoms with Crippen molar-refractivity contribution in [3.05, 3.63) is 53.8 Å². The molecule has 0 saturated carbocycles. The zero-order chi connectivity index (χ0) is 18.7. The lowest BCUT2D eigenvalue weighted by Crippen LogP contribution is -2.34. The second-order valence-electron chi connectivity index (χ2n) is 6.27. The molecule has 5 nitrogen and oxygen atoms in total. The SMILES string of the molecule is CCCOc1ccc(N2C(=O)C[C@@H](Nc3ccc(C)c(F)c3)C2=O)cc1. The molecule has 0 aliphatic carbocycles. The number of aryl methyl sites for hydroxylation is 1. The summed E-state index contributed by atoms with van der Waals surface area (Å²) in [6.07, 6.45) is 0.931. The fourth-order valence-electron chi connectivity index (χ4n) is 2.81. The van der Waals surface area contributed by atoms with Crippen LogP contribution in [0.2, 0.25) is 0 Å². The van der Waals surface area contributed by atoms with Gasteiger partial charge in [-0.2, -0.15) is 0 Å². The minimum atomic E-state index is -0.708. The molecule has 1 saturated heterocycles. The van der Waals surface area contributed by atoms with Crippen LogP contribution in [0, 0.1) is 12.7 Å². The molecule has 3 rings (SSSR count). The number of anilines is 2. The van der Waals surface area contributed by atoms with Crippen LogP contribution in [0.5, 0.6) is 5.75 Å². The van der Waals surface area contributed by atoms with Gasteiger partial charge in [0.25, 0.3) is 5.91 Å². The summed E-state index contributed by atoms with van der Waals surface area (Å²) < 4.78 is 19.2. The van der Waals surface area contributed by atoms with Crippen LogP contribution >= 0.6 is 0 Å². The third kappa shape index (κ3) is 3.69. The first kappa shape index (κ1) is 17.9. The van der Waals surface area contributed by atoms with E-state index in [0.717, 1.165) is 11.3 Å². The highest BCUT2D eigenvalue weighted by molar-refractivity contribution is 6.23. The van der Waals surface area contributed by atoms with E-state index in [1.54, 1.807) is 43.3 Å². The summed E-state index contributed by atoms with van der Waals surface area (Å²) in [6.45, 7) is 4.29. The van der Waals surface area contributed by atoms with Crippen molar-refractivity contribution in [2.75, 3.05) is 16.8 Å². The number of imide groups is 1. The van der Waals surface area contributed by atoms with Crippen LogP contribution in [0.4, 0.5) is 15.8 Å². The fraction of sp³-hybridized carbons (Fsp3) is 0.300. The Bertz CT molecular complexity index is 820. The van der Waals surface area contributed by atoms with Crippen molar-refractivity contribution >= 4 is 23.2 Å². The molecule has 1 aliphatic heterocycles. The van der Waals surface area contributed by atoms with E-state index in [0.29, 0.717) is 29.3 Å². The van der Waals surface area contributed by atoms with E-state index >= 15 is 0 Å². The molecule has 1 fully saturated rings. The van der Waals surface area contributed by atoms with Crippen LogP contribution < -0.4 is 15.0 Å². The van der Waals surface area contributed by atoms with Crippen LogP contribution in [0.1, 0.15) is 25.3 Å². The van der Waals surface area contributed by atoms with Gasteiger partial charge in [-0.15, -0.1) is 0 Å². The first-order valence-electron chi connectivity index (χ1n) is 8.62. The number of nitrogens with zero attached hydrogens (tertiary/aromatic N) is 1. The maximum atomic E-state index is 13.7. The minimum absolute atomic E-state index is 0.0302. The standard InChI is InChI=1S/C20H21FN2O3/c1-3-10-26-16-8-6-15(7-9-16)23-19(24)12-18(20(23)25)22-14-5-4-13(2)17(21)11-14/h4-9,11,18,22H,3,10,12H2,1-2H3/t18-/m1/s1. The van der Waals surface area contributed by atoms with E-state index < -0.39 is 6.04 Å².